The van der Waals surface area contributed by atoms with Gasteiger partial charge < -0.3 is 9.84 Å². The van der Waals surface area contributed by atoms with Gasteiger partial charge in [-0.2, -0.15) is 0 Å². The fraction of sp³-hybridized carbons (Fsp3) is 0.0833. The first-order chi connectivity index (χ1) is 8.26. The van der Waals surface area contributed by atoms with Gasteiger partial charge in [0.05, 0.1) is 12.7 Å². The molecule has 0 aliphatic rings. The number of aromatic hydroxyl groups is 1. The van der Waals surface area contributed by atoms with Crippen LogP contribution in [0.2, 0.25) is 0 Å². The van der Waals surface area contributed by atoms with Crippen molar-refractivity contribution in [2.75, 3.05) is 7.11 Å². The van der Waals surface area contributed by atoms with Crippen LogP contribution in [0.5, 0.6) is 11.5 Å². The molecule has 17 heavy (non-hydrogen) atoms. The van der Waals surface area contributed by atoms with Gasteiger partial charge in [-0.25, -0.2) is 9.97 Å². The summed E-state index contributed by atoms with van der Waals surface area (Å²) in [5.74, 6) is 0.0801. The van der Waals surface area contributed by atoms with Crippen LogP contribution in [0.25, 0.3) is 11.1 Å². The number of hydrogen-bond donors (Lipinski definition) is 1. The molecule has 0 aliphatic carbocycles. The van der Waals surface area contributed by atoms with Crippen molar-refractivity contribution < 1.29 is 14.6 Å². The Hall–Kier alpha value is -2.43. The van der Waals surface area contributed by atoms with Gasteiger partial charge in [0.15, 0.2) is 17.8 Å². The number of methoxy groups -OCH3 is 1. The Balaban J connectivity index is 2.60. The van der Waals surface area contributed by atoms with Crippen LogP contribution in [0.3, 0.4) is 0 Å². The van der Waals surface area contributed by atoms with Crippen molar-refractivity contribution in [3.8, 4) is 22.6 Å². The molecule has 0 fully saturated rings. The number of carbonyl (C=O) groups excluding carboxylic acids is 1. The quantitative estimate of drug-likeness (QED) is 0.812. The minimum atomic E-state index is -0.164. The lowest BCUT2D eigenvalue weighted by Gasteiger charge is -2.08. The molecule has 2 aromatic rings. The third kappa shape index (κ3) is 2.08. The van der Waals surface area contributed by atoms with Crippen LogP contribution in [-0.2, 0) is 0 Å². The van der Waals surface area contributed by atoms with Gasteiger partial charge in [0.2, 0.25) is 0 Å². The minimum Gasteiger partial charge on any atom is -0.504 e. The molecule has 0 saturated carbocycles. The highest BCUT2D eigenvalue weighted by Crippen LogP contribution is 2.34. The van der Waals surface area contributed by atoms with Crippen LogP contribution >= 0.6 is 0 Å². The van der Waals surface area contributed by atoms with E-state index in [1.54, 1.807) is 24.5 Å². The van der Waals surface area contributed by atoms with Crippen LogP contribution in [0.15, 0.2) is 30.9 Å². The molecule has 1 heterocycles. The Kier molecular flexibility index (Phi) is 3.00. The normalized spacial score (nSPS) is 9.94. The van der Waals surface area contributed by atoms with Gasteiger partial charge in [0.1, 0.15) is 6.33 Å². The maximum absolute atomic E-state index is 10.8. The number of nitrogens with zero attached hydrogens (tertiary/aromatic N) is 2. The van der Waals surface area contributed by atoms with E-state index >= 15 is 0 Å². The third-order valence-electron chi connectivity index (χ3n) is 2.35. The second-order valence-corrected chi connectivity index (χ2v) is 3.36. The maximum atomic E-state index is 10.8. The summed E-state index contributed by atoms with van der Waals surface area (Å²) in [5, 5.41) is 9.67. The van der Waals surface area contributed by atoms with E-state index in [0.717, 1.165) is 5.56 Å². The molecule has 0 saturated heterocycles. The molecule has 0 unspecified atom stereocenters. The number of hydrogen-bond acceptors (Lipinski definition) is 5. The molecule has 0 amide bonds. The summed E-state index contributed by atoms with van der Waals surface area (Å²) in [4.78, 5) is 18.6. The van der Waals surface area contributed by atoms with Gasteiger partial charge in [-0.1, -0.05) is 0 Å². The van der Waals surface area contributed by atoms with E-state index in [2.05, 4.69) is 9.97 Å². The van der Waals surface area contributed by atoms with Crippen molar-refractivity contribution >= 4 is 6.29 Å². The van der Waals surface area contributed by atoms with Gasteiger partial charge in [0.25, 0.3) is 0 Å². The lowest BCUT2D eigenvalue weighted by atomic mass is 10.0. The summed E-state index contributed by atoms with van der Waals surface area (Å²) in [5.41, 5.74) is 1.62. The average molecular weight is 230 g/mol. The monoisotopic (exact) mass is 230 g/mol. The molecule has 1 N–H and O–H groups in total. The van der Waals surface area contributed by atoms with E-state index in [1.807, 2.05) is 0 Å². The number of aromatic nitrogens is 2. The molecule has 5 nitrogen and oxygen atoms in total. The predicted octanol–water partition coefficient (Wildman–Crippen LogP) is 1.67. The molecule has 5 heteroatoms. The smallest absolute Gasteiger partial charge is 0.168 e. The van der Waals surface area contributed by atoms with Crippen molar-refractivity contribution in [3.05, 3.63) is 36.4 Å². The van der Waals surface area contributed by atoms with E-state index in [4.69, 9.17) is 4.74 Å². The Morgan fingerprint density at radius 2 is 1.94 bits per heavy atom. The lowest BCUT2D eigenvalue weighted by molar-refractivity contribution is 0.112. The molecule has 1 aromatic carbocycles. The second-order valence-electron chi connectivity index (χ2n) is 3.36. The first-order valence-electron chi connectivity index (χ1n) is 4.88. The molecule has 0 spiro atoms. The number of phenols is 1. The van der Waals surface area contributed by atoms with E-state index in [1.165, 1.54) is 13.4 Å². The predicted molar refractivity (Wildman–Crippen MR) is 61.1 cm³/mol. The van der Waals surface area contributed by atoms with Gasteiger partial charge in [-0.3, -0.25) is 4.79 Å². The lowest BCUT2D eigenvalue weighted by Crippen LogP contribution is -1.91. The van der Waals surface area contributed by atoms with Gasteiger partial charge >= 0.3 is 0 Å². The van der Waals surface area contributed by atoms with Crippen molar-refractivity contribution in [2.24, 2.45) is 0 Å². The van der Waals surface area contributed by atoms with E-state index in [9.17, 15) is 9.90 Å². The number of benzene rings is 1. The van der Waals surface area contributed by atoms with E-state index in [0.29, 0.717) is 11.8 Å². The van der Waals surface area contributed by atoms with Crippen LogP contribution in [0, 0.1) is 0 Å². The standard InChI is InChI=1S/C12H10N2O3/c1-17-11-3-8(2-9(6-15)12(11)16)10-4-13-7-14-5-10/h2-7,16H,1H3. The molecular formula is C12H10N2O3. The highest BCUT2D eigenvalue weighted by atomic mass is 16.5. The van der Waals surface area contributed by atoms with Crippen LogP contribution in [0.4, 0.5) is 0 Å². The zero-order valence-corrected chi connectivity index (χ0v) is 9.12. The van der Waals surface area contributed by atoms with Gasteiger partial charge in [0, 0.05) is 18.0 Å². The van der Waals surface area contributed by atoms with Crippen LogP contribution in [-0.4, -0.2) is 28.5 Å². The van der Waals surface area contributed by atoms with Crippen molar-refractivity contribution in [3.63, 3.8) is 0 Å². The molecule has 1 aromatic heterocycles. The molecule has 0 aliphatic heterocycles. The summed E-state index contributed by atoms with van der Waals surface area (Å²) >= 11 is 0. The molecule has 0 bridgehead atoms. The van der Waals surface area contributed by atoms with Gasteiger partial charge in [-0.05, 0) is 17.7 Å². The first-order valence-corrected chi connectivity index (χ1v) is 4.88. The number of ether oxygens (including phenoxy) is 1. The largest absolute Gasteiger partial charge is 0.504 e. The zero-order chi connectivity index (χ0) is 12.3. The summed E-state index contributed by atoms with van der Waals surface area (Å²) in [7, 11) is 1.43. The number of phenolic OH excluding ortho intramolecular Hbond substituents is 1. The highest BCUT2D eigenvalue weighted by molar-refractivity contribution is 5.84. The maximum Gasteiger partial charge on any atom is 0.168 e. The Labute approximate surface area is 97.7 Å². The number of rotatable bonds is 3. The van der Waals surface area contributed by atoms with Gasteiger partial charge in [-0.15, -0.1) is 0 Å². The second kappa shape index (κ2) is 4.61. The highest BCUT2D eigenvalue weighted by Gasteiger charge is 2.11. The topological polar surface area (TPSA) is 72.3 Å². The summed E-state index contributed by atoms with van der Waals surface area (Å²) < 4.78 is 5.00. The van der Waals surface area contributed by atoms with Crippen molar-refractivity contribution in [1.29, 1.82) is 0 Å². The molecule has 0 radical (unpaired) electrons. The van der Waals surface area contributed by atoms with Crippen molar-refractivity contribution in [2.45, 2.75) is 0 Å². The summed E-state index contributed by atoms with van der Waals surface area (Å²) in [6.45, 7) is 0. The molecular weight excluding hydrogens is 220 g/mol. The van der Waals surface area contributed by atoms with Crippen LogP contribution in [0.1, 0.15) is 10.4 Å². The molecule has 0 atom stereocenters. The van der Waals surface area contributed by atoms with Crippen LogP contribution < -0.4 is 4.74 Å². The fourth-order valence-electron chi connectivity index (χ4n) is 1.49. The third-order valence-corrected chi connectivity index (χ3v) is 2.35. The Morgan fingerprint density at radius 3 is 2.53 bits per heavy atom. The van der Waals surface area contributed by atoms with E-state index < -0.39 is 0 Å². The average Bonchev–Trinajstić information content (AvgIpc) is 2.40. The molecule has 86 valence electrons. The Morgan fingerprint density at radius 1 is 1.24 bits per heavy atom. The Bertz CT molecular complexity index is 541. The minimum absolute atomic E-state index is 0.164. The van der Waals surface area contributed by atoms with Crippen molar-refractivity contribution in [1.82, 2.24) is 9.97 Å². The number of aldehydes is 1. The molecule has 2 rings (SSSR count). The fourth-order valence-corrected chi connectivity index (χ4v) is 1.49. The summed E-state index contributed by atoms with van der Waals surface area (Å²) in [6.07, 6.45) is 5.23. The van der Waals surface area contributed by atoms with E-state index in [-0.39, 0.29) is 17.1 Å². The zero-order valence-electron chi connectivity index (χ0n) is 9.12. The number of carbonyl (C=O) groups is 1. The SMILES string of the molecule is COc1cc(-c2cncnc2)cc(C=O)c1O. The summed E-state index contributed by atoms with van der Waals surface area (Å²) in [6, 6.07) is 3.19. The first kappa shape index (κ1) is 11.1.